The quantitative estimate of drug-likeness (QED) is 0.693. The summed E-state index contributed by atoms with van der Waals surface area (Å²) in [5.41, 5.74) is 6.00. The van der Waals surface area contributed by atoms with Gasteiger partial charge in [0.1, 0.15) is 4.90 Å². The van der Waals surface area contributed by atoms with Crippen LogP contribution in [0.25, 0.3) is 0 Å². The van der Waals surface area contributed by atoms with Gasteiger partial charge in [-0.15, -0.1) is 0 Å². The molecule has 5 nitrogen and oxygen atoms in total. The molecule has 0 saturated heterocycles. The number of nitrogens with zero attached hydrogens (tertiary/aromatic N) is 1. The molecule has 0 fully saturated rings. The van der Waals surface area contributed by atoms with E-state index in [1.54, 1.807) is 18.2 Å². The number of pyridine rings is 1. The van der Waals surface area contributed by atoms with Gasteiger partial charge in [0.05, 0.1) is 16.4 Å². The van der Waals surface area contributed by atoms with Crippen molar-refractivity contribution < 1.29 is 8.42 Å². The number of sulfonamides is 1. The van der Waals surface area contributed by atoms with Gasteiger partial charge in [-0.2, -0.15) is 0 Å². The normalized spacial score (nSPS) is 11.3. The lowest BCUT2D eigenvalue weighted by Crippen LogP contribution is -2.15. The van der Waals surface area contributed by atoms with Gasteiger partial charge in [0.2, 0.25) is 0 Å². The van der Waals surface area contributed by atoms with Crippen LogP contribution in [0.5, 0.6) is 0 Å². The molecule has 2 rings (SSSR count). The van der Waals surface area contributed by atoms with Gasteiger partial charge in [-0.1, -0.05) is 15.9 Å². The predicted molar refractivity (Wildman–Crippen MR) is 89.0 cm³/mol. The van der Waals surface area contributed by atoms with Crippen LogP contribution in [-0.2, 0) is 10.0 Å². The Morgan fingerprint density at radius 1 is 1.10 bits per heavy atom. The van der Waals surface area contributed by atoms with Gasteiger partial charge < -0.3 is 5.73 Å². The molecule has 0 atom stereocenters. The monoisotopic (exact) mass is 483 g/mol. The number of benzene rings is 1. The Morgan fingerprint density at radius 2 is 1.80 bits per heavy atom. The van der Waals surface area contributed by atoms with Gasteiger partial charge in [-0.25, -0.2) is 13.4 Å². The van der Waals surface area contributed by atoms with E-state index in [2.05, 4.69) is 57.5 Å². The Hall–Kier alpha value is -0.640. The molecular weight excluding hydrogens is 478 g/mol. The molecule has 9 heteroatoms. The van der Waals surface area contributed by atoms with E-state index in [1.807, 2.05) is 0 Å². The molecule has 1 aromatic heterocycles. The van der Waals surface area contributed by atoms with Crippen LogP contribution >= 0.6 is 47.8 Å². The summed E-state index contributed by atoms with van der Waals surface area (Å²) in [4.78, 5) is 4.06. The first kappa shape index (κ1) is 15.7. The number of rotatable bonds is 3. The minimum Gasteiger partial charge on any atom is -0.397 e. The van der Waals surface area contributed by atoms with Gasteiger partial charge in [-0.05, 0) is 56.1 Å². The minimum atomic E-state index is -3.76. The van der Waals surface area contributed by atoms with Crippen LogP contribution in [0.2, 0.25) is 0 Å². The zero-order valence-electron chi connectivity index (χ0n) is 9.77. The van der Waals surface area contributed by atoms with E-state index in [0.29, 0.717) is 19.1 Å². The maximum atomic E-state index is 12.4. The molecule has 0 bridgehead atoms. The highest BCUT2D eigenvalue weighted by Crippen LogP contribution is 2.29. The molecule has 0 aliphatic carbocycles. The highest BCUT2D eigenvalue weighted by Gasteiger charge is 2.20. The van der Waals surface area contributed by atoms with E-state index < -0.39 is 10.0 Å². The molecule has 0 spiro atoms. The molecule has 106 valence electrons. The second-order valence-corrected chi connectivity index (χ2v) is 8.05. The fourth-order valence-electron chi connectivity index (χ4n) is 1.39. The number of halogens is 3. The maximum Gasteiger partial charge on any atom is 0.264 e. The van der Waals surface area contributed by atoms with E-state index >= 15 is 0 Å². The molecule has 0 aliphatic heterocycles. The Kier molecular flexibility index (Phi) is 4.73. The third kappa shape index (κ3) is 3.51. The van der Waals surface area contributed by atoms with Crippen LogP contribution in [0.1, 0.15) is 0 Å². The van der Waals surface area contributed by atoms with Gasteiger partial charge in [-0.3, -0.25) is 4.72 Å². The predicted octanol–water partition coefficient (Wildman–Crippen LogP) is 3.75. The summed E-state index contributed by atoms with van der Waals surface area (Å²) < 4.78 is 28.7. The molecule has 2 aromatic rings. The van der Waals surface area contributed by atoms with Crippen molar-refractivity contribution >= 4 is 69.3 Å². The smallest absolute Gasteiger partial charge is 0.264 e. The van der Waals surface area contributed by atoms with Crippen molar-refractivity contribution in [1.29, 1.82) is 0 Å². The first-order valence-electron chi connectivity index (χ1n) is 5.18. The average molecular weight is 486 g/mol. The molecule has 20 heavy (non-hydrogen) atoms. The summed E-state index contributed by atoms with van der Waals surface area (Å²) >= 11 is 9.68. The van der Waals surface area contributed by atoms with Crippen molar-refractivity contribution in [2.75, 3.05) is 10.5 Å². The fraction of sp³-hybridized carbons (Fsp3) is 0. The fourth-order valence-corrected chi connectivity index (χ4v) is 4.52. The molecule has 0 aliphatic rings. The lowest BCUT2D eigenvalue weighted by Gasteiger charge is -2.11. The van der Waals surface area contributed by atoms with Crippen LogP contribution in [0, 0.1) is 0 Å². The molecule has 3 N–H and O–H groups in total. The van der Waals surface area contributed by atoms with Crippen LogP contribution in [-0.4, -0.2) is 13.4 Å². The number of nitrogen functional groups attached to an aromatic ring is 1. The number of anilines is 2. The molecule has 0 saturated carbocycles. The van der Waals surface area contributed by atoms with E-state index in [-0.39, 0.29) is 10.7 Å². The first-order valence-corrected chi connectivity index (χ1v) is 9.05. The van der Waals surface area contributed by atoms with E-state index in [4.69, 9.17) is 5.73 Å². The van der Waals surface area contributed by atoms with E-state index in [1.165, 1.54) is 12.3 Å². The van der Waals surface area contributed by atoms with E-state index in [9.17, 15) is 8.42 Å². The van der Waals surface area contributed by atoms with Crippen molar-refractivity contribution in [3.05, 3.63) is 43.9 Å². The summed E-state index contributed by atoms with van der Waals surface area (Å²) in [6, 6.07) is 6.45. The third-order valence-corrected chi connectivity index (χ3v) is 5.71. The van der Waals surface area contributed by atoms with Crippen molar-refractivity contribution in [3.63, 3.8) is 0 Å². The summed E-state index contributed by atoms with van der Waals surface area (Å²) in [5, 5.41) is 0. The summed E-state index contributed by atoms with van der Waals surface area (Å²) in [7, 11) is -3.76. The van der Waals surface area contributed by atoms with Crippen molar-refractivity contribution in [1.82, 2.24) is 4.98 Å². The van der Waals surface area contributed by atoms with Gasteiger partial charge >= 0.3 is 0 Å². The molecule has 1 heterocycles. The van der Waals surface area contributed by atoms with Crippen LogP contribution < -0.4 is 10.5 Å². The summed E-state index contributed by atoms with van der Waals surface area (Å²) in [5.74, 6) is 0.172. The summed E-state index contributed by atoms with van der Waals surface area (Å²) in [6.07, 6.45) is 1.37. The lowest BCUT2D eigenvalue weighted by molar-refractivity contribution is 0.600. The standard InChI is InChI=1S/C11H8Br3N3O2S/c12-6-1-2-8(13)10(3-6)20(18,19)17-11-9(14)4-7(15)5-16-11/h1-5H,15H2,(H,16,17). The lowest BCUT2D eigenvalue weighted by atomic mass is 10.4. The zero-order valence-corrected chi connectivity index (χ0v) is 15.3. The van der Waals surface area contributed by atoms with Gasteiger partial charge in [0.25, 0.3) is 10.0 Å². The second-order valence-electron chi connectivity index (χ2n) is 3.78. The van der Waals surface area contributed by atoms with Gasteiger partial charge in [0, 0.05) is 8.95 Å². The average Bonchev–Trinajstić information content (AvgIpc) is 2.35. The number of nitrogens with one attached hydrogen (secondary N) is 1. The molecule has 1 aromatic carbocycles. The topological polar surface area (TPSA) is 85.1 Å². The number of nitrogens with two attached hydrogens (primary N) is 1. The summed E-state index contributed by atoms with van der Waals surface area (Å²) in [6.45, 7) is 0. The van der Waals surface area contributed by atoms with Gasteiger partial charge in [0.15, 0.2) is 5.82 Å². The second kappa shape index (κ2) is 6.00. The Labute approximate surface area is 141 Å². The maximum absolute atomic E-state index is 12.4. The van der Waals surface area contributed by atoms with Crippen molar-refractivity contribution in [2.45, 2.75) is 4.90 Å². The Balaban J connectivity index is 2.43. The van der Waals surface area contributed by atoms with Crippen molar-refractivity contribution in [3.8, 4) is 0 Å². The van der Waals surface area contributed by atoms with Crippen LogP contribution in [0.3, 0.4) is 0 Å². The highest BCUT2D eigenvalue weighted by atomic mass is 79.9. The number of hydrogen-bond donors (Lipinski definition) is 2. The first-order chi connectivity index (χ1) is 9.29. The van der Waals surface area contributed by atoms with Crippen LogP contribution in [0.15, 0.2) is 48.8 Å². The minimum absolute atomic E-state index is 0.109. The highest BCUT2D eigenvalue weighted by molar-refractivity contribution is 9.11. The molecule has 0 unspecified atom stereocenters. The molecule has 0 radical (unpaired) electrons. The zero-order chi connectivity index (χ0) is 14.9. The van der Waals surface area contributed by atoms with Crippen molar-refractivity contribution in [2.24, 2.45) is 0 Å². The Bertz CT molecular complexity index is 766. The van der Waals surface area contributed by atoms with E-state index in [0.717, 1.165) is 0 Å². The SMILES string of the molecule is Nc1cnc(NS(=O)(=O)c2cc(Br)ccc2Br)c(Br)c1. The number of hydrogen-bond acceptors (Lipinski definition) is 4. The molecule has 0 amide bonds. The Morgan fingerprint density at radius 3 is 2.45 bits per heavy atom. The third-order valence-electron chi connectivity index (χ3n) is 2.28. The molecular formula is C11H8Br3N3O2S. The largest absolute Gasteiger partial charge is 0.397 e. The van der Waals surface area contributed by atoms with Crippen LogP contribution in [0.4, 0.5) is 11.5 Å². The number of aromatic nitrogens is 1.